The average Bonchev–Trinajstić information content (AvgIpc) is 2.76. The van der Waals surface area contributed by atoms with Crippen molar-refractivity contribution in [1.82, 2.24) is 0 Å². The van der Waals surface area contributed by atoms with E-state index in [2.05, 4.69) is 27.7 Å². The molecular weight excluding hydrogens is 360 g/mol. The van der Waals surface area contributed by atoms with Crippen LogP contribution in [-0.2, 0) is 0 Å². The van der Waals surface area contributed by atoms with Gasteiger partial charge in [-0.2, -0.15) is 0 Å². The second-order valence-corrected chi connectivity index (χ2v) is 10.5. The molecule has 0 heteroatoms. The summed E-state index contributed by atoms with van der Waals surface area (Å²) < 4.78 is 0. The van der Waals surface area contributed by atoms with Gasteiger partial charge in [0.25, 0.3) is 0 Å². The van der Waals surface area contributed by atoms with Gasteiger partial charge in [0.05, 0.1) is 0 Å². The Kier molecular flexibility index (Phi) is 23.7. The van der Waals surface area contributed by atoms with E-state index >= 15 is 0 Å². The van der Waals surface area contributed by atoms with Crippen molar-refractivity contribution in [1.29, 1.82) is 0 Å². The quantitative estimate of drug-likeness (QED) is 0.128. The van der Waals surface area contributed by atoms with Gasteiger partial charge in [-0.25, -0.2) is 0 Å². The summed E-state index contributed by atoms with van der Waals surface area (Å²) in [6.07, 6.45) is 36.6. The first-order valence-corrected chi connectivity index (χ1v) is 14.7. The fraction of sp³-hybridized carbons (Fsp3) is 1.00. The lowest BCUT2D eigenvalue weighted by Crippen LogP contribution is -2.21. The van der Waals surface area contributed by atoms with E-state index in [9.17, 15) is 0 Å². The van der Waals surface area contributed by atoms with Crippen LogP contribution in [0.25, 0.3) is 0 Å². The smallest absolute Gasteiger partial charge is 0.0297 e. The van der Waals surface area contributed by atoms with Crippen LogP contribution in [0.2, 0.25) is 0 Å². The van der Waals surface area contributed by atoms with Crippen LogP contribution < -0.4 is 0 Å². The summed E-state index contributed by atoms with van der Waals surface area (Å²) in [5.41, 5.74) is 0.691. The van der Waals surface area contributed by atoms with Crippen molar-refractivity contribution in [2.45, 2.75) is 188 Å². The zero-order valence-corrected chi connectivity index (χ0v) is 22.2. The van der Waals surface area contributed by atoms with Gasteiger partial charge in [-0.3, -0.25) is 0 Å². The molecule has 30 heavy (non-hydrogen) atoms. The van der Waals surface area contributed by atoms with Crippen molar-refractivity contribution >= 4 is 0 Å². The largest absolute Gasteiger partial charge is 0.0654 e. The van der Waals surface area contributed by atoms with Gasteiger partial charge in [0.1, 0.15) is 0 Å². The summed E-state index contributed by atoms with van der Waals surface area (Å²) >= 11 is 0. The maximum absolute atomic E-state index is 2.39. The van der Waals surface area contributed by atoms with E-state index in [1.807, 2.05) is 0 Å². The molecule has 0 aromatic carbocycles. The molecule has 0 rings (SSSR count). The molecule has 0 amide bonds. The lowest BCUT2D eigenvalue weighted by Gasteiger charge is -2.35. The summed E-state index contributed by atoms with van der Waals surface area (Å²) in [5.74, 6) is 0. The molecule has 0 aromatic heterocycles. The van der Waals surface area contributed by atoms with E-state index in [0.717, 1.165) is 0 Å². The molecule has 0 N–H and O–H groups in total. The SMILES string of the molecule is CCCCCCCCCCCCCC(CCCC)(CCCC)CCCCCCCC. The lowest BCUT2D eigenvalue weighted by molar-refractivity contribution is 0.174. The van der Waals surface area contributed by atoms with Gasteiger partial charge in [0.15, 0.2) is 0 Å². The third kappa shape index (κ3) is 18.7. The summed E-state index contributed by atoms with van der Waals surface area (Å²) in [7, 11) is 0. The molecule has 0 unspecified atom stereocenters. The van der Waals surface area contributed by atoms with Crippen LogP contribution in [0.15, 0.2) is 0 Å². The Morgan fingerprint density at radius 2 is 0.500 bits per heavy atom. The van der Waals surface area contributed by atoms with Crippen molar-refractivity contribution in [3.05, 3.63) is 0 Å². The van der Waals surface area contributed by atoms with E-state index in [1.165, 1.54) is 161 Å². The van der Waals surface area contributed by atoms with Crippen LogP contribution in [0.5, 0.6) is 0 Å². The minimum absolute atomic E-state index is 0.691. The van der Waals surface area contributed by atoms with Crippen molar-refractivity contribution < 1.29 is 0 Å². The van der Waals surface area contributed by atoms with Crippen LogP contribution in [0.1, 0.15) is 188 Å². The molecule has 0 aliphatic heterocycles. The highest BCUT2D eigenvalue weighted by Gasteiger charge is 2.27. The zero-order valence-electron chi connectivity index (χ0n) is 22.2. The predicted molar refractivity (Wildman–Crippen MR) is 141 cm³/mol. The molecule has 182 valence electrons. The van der Waals surface area contributed by atoms with Gasteiger partial charge < -0.3 is 0 Å². The Balaban J connectivity index is 4.14. The molecule has 0 atom stereocenters. The van der Waals surface area contributed by atoms with E-state index in [1.54, 1.807) is 0 Å². The van der Waals surface area contributed by atoms with Crippen molar-refractivity contribution in [3.63, 3.8) is 0 Å². The summed E-state index contributed by atoms with van der Waals surface area (Å²) in [5, 5.41) is 0. The second kappa shape index (κ2) is 23.7. The van der Waals surface area contributed by atoms with Gasteiger partial charge in [-0.05, 0) is 31.1 Å². The minimum atomic E-state index is 0.691. The van der Waals surface area contributed by atoms with E-state index < -0.39 is 0 Å². The van der Waals surface area contributed by atoms with Crippen LogP contribution in [0.3, 0.4) is 0 Å². The Labute approximate surface area is 193 Å². The Morgan fingerprint density at radius 1 is 0.267 bits per heavy atom. The molecule has 0 saturated carbocycles. The number of unbranched alkanes of at least 4 members (excludes halogenated alkanes) is 17. The Hall–Kier alpha value is 0. The second-order valence-electron chi connectivity index (χ2n) is 10.5. The van der Waals surface area contributed by atoms with Gasteiger partial charge >= 0.3 is 0 Å². The normalized spacial score (nSPS) is 12.0. The van der Waals surface area contributed by atoms with Gasteiger partial charge in [-0.15, -0.1) is 0 Å². The molecule has 0 bridgehead atoms. The average molecular weight is 423 g/mol. The summed E-state index contributed by atoms with van der Waals surface area (Å²) in [6, 6.07) is 0. The summed E-state index contributed by atoms with van der Waals surface area (Å²) in [6.45, 7) is 9.41. The van der Waals surface area contributed by atoms with Crippen molar-refractivity contribution in [2.24, 2.45) is 5.41 Å². The van der Waals surface area contributed by atoms with E-state index in [0.29, 0.717) is 5.41 Å². The minimum Gasteiger partial charge on any atom is -0.0654 e. The molecule has 0 heterocycles. The lowest BCUT2D eigenvalue weighted by atomic mass is 9.71. The molecule has 0 nitrogen and oxygen atoms in total. The van der Waals surface area contributed by atoms with Crippen LogP contribution in [0.4, 0.5) is 0 Å². The third-order valence-corrected chi connectivity index (χ3v) is 7.49. The van der Waals surface area contributed by atoms with E-state index in [4.69, 9.17) is 0 Å². The predicted octanol–water partition coefficient (Wildman–Crippen LogP) is 11.8. The van der Waals surface area contributed by atoms with Crippen molar-refractivity contribution in [3.8, 4) is 0 Å². The fourth-order valence-corrected chi connectivity index (χ4v) is 5.30. The zero-order chi connectivity index (χ0) is 22.2. The first kappa shape index (κ1) is 30.0. The Morgan fingerprint density at radius 3 is 0.800 bits per heavy atom. The summed E-state index contributed by atoms with van der Waals surface area (Å²) in [4.78, 5) is 0. The fourth-order valence-electron chi connectivity index (χ4n) is 5.30. The van der Waals surface area contributed by atoms with Gasteiger partial charge in [0, 0.05) is 0 Å². The molecular formula is C30H62. The van der Waals surface area contributed by atoms with Crippen molar-refractivity contribution in [2.75, 3.05) is 0 Å². The number of rotatable bonds is 25. The highest BCUT2D eigenvalue weighted by molar-refractivity contribution is 4.80. The van der Waals surface area contributed by atoms with Crippen LogP contribution in [0, 0.1) is 5.41 Å². The molecule has 0 saturated heterocycles. The Bertz CT molecular complexity index is 297. The topological polar surface area (TPSA) is 0 Å². The van der Waals surface area contributed by atoms with E-state index in [-0.39, 0.29) is 0 Å². The number of hydrogen-bond donors (Lipinski definition) is 0. The van der Waals surface area contributed by atoms with Gasteiger partial charge in [0.2, 0.25) is 0 Å². The standard InChI is InChI=1S/C30H62/c1-5-9-13-15-17-18-19-20-21-23-25-29-30(26-11-7-3,27-12-8-4)28-24-22-16-14-10-6-2/h5-29H2,1-4H3. The molecule has 0 aliphatic rings. The van der Waals surface area contributed by atoms with Crippen LogP contribution in [-0.4, -0.2) is 0 Å². The maximum atomic E-state index is 2.39. The molecule has 0 aromatic rings. The third-order valence-electron chi connectivity index (χ3n) is 7.49. The molecule has 0 radical (unpaired) electrons. The highest BCUT2D eigenvalue weighted by Crippen LogP contribution is 2.41. The first-order chi connectivity index (χ1) is 14.7. The molecule has 0 aliphatic carbocycles. The number of hydrogen-bond acceptors (Lipinski definition) is 0. The molecule has 0 spiro atoms. The van der Waals surface area contributed by atoms with Gasteiger partial charge in [-0.1, -0.05) is 163 Å². The monoisotopic (exact) mass is 422 g/mol. The highest BCUT2D eigenvalue weighted by atomic mass is 14.3. The van der Waals surface area contributed by atoms with Crippen LogP contribution >= 0.6 is 0 Å². The maximum Gasteiger partial charge on any atom is -0.0297 e. The first-order valence-electron chi connectivity index (χ1n) is 14.7. The molecule has 0 fully saturated rings.